The lowest BCUT2D eigenvalue weighted by molar-refractivity contribution is -0.130. The molecule has 0 saturated carbocycles. The van der Waals surface area contributed by atoms with Gasteiger partial charge in [-0.15, -0.1) is 0 Å². The van der Waals surface area contributed by atoms with Crippen molar-refractivity contribution in [1.82, 2.24) is 14.8 Å². The number of amides is 1. The highest BCUT2D eigenvalue weighted by atomic mass is 35.5. The molecule has 2 aliphatic rings. The first-order chi connectivity index (χ1) is 13.1. The molecule has 1 spiro atoms. The van der Waals surface area contributed by atoms with E-state index >= 15 is 0 Å². The summed E-state index contributed by atoms with van der Waals surface area (Å²) in [6.45, 7) is 3.80. The maximum Gasteiger partial charge on any atom is 0.222 e. The van der Waals surface area contributed by atoms with Crippen LogP contribution < -0.4 is 0 Å². The Labute approximate surface area is 166 Å². The molecule has 1 amide bonds. The first kappa shape index (κ1) is 18.5. The van der Waals surface area contributed by atoms with Crippen LogP contribution in [-0.2, 0) is 17.8 Å². The Morgan fingerprint density at radius 2 is 1.96 bits per heavy atom. The maximum atomic E-state index is 12.7. The predicted molar refractivity (Wildman–Crippen MR) is 108 cm³/mol. The molecule has 2 fully saturated rings. The Kier molecular flexibility index (Phi) is 5.46. The van der Waals surface area contributed by atoms with Gasteiger partial charge in [0.1, 0.15) is 0 Å². The lowest BCUT2D eigenvalue weighted by Crippen LogP contribution is -2.46. The van der Waals surface area contributed by atoms with E-state index < -0.39 is 0 Å². The van der Waals surface area contributed by atoms with Gasteiger partial charge in [-0.2, -0.15) is 0 Å². The number of rotatable bonds is 5. The molecular weight excluding hydrogens is 358 g/mol. The number of pyridine rings is 1. The second-order valence-corrected chi connectivity index (χ2v) is 8.24. The molecule has 0 aliphatic carbocycles. The summed E-state index contributed by atoms with van der Waals surface area (Å²) in [7, 11) is 0. The summed E-state index contributed by atoms with van der Waals surface area (Å²) < 4.78 is 0. The second-order valence-electron chi connectivity index (χ2n) is 7.80. The van der Waals surface area contributed by atoms with E-state index in [0.29, 0.717) is 6.42 Å². The van der Waals surface area contributed by atoms with Crippen LogP contribution in [0, 0.1) is 0 Å². The minimum atomic E-state index is 0.156. The lowest BCUT2D eigenvalue weighted by atomic mass is 9.94. The zero-order valence-electron chi connectivity index (χ0n) is 15.6. The van der Waals surface area contributed by atoms with Gasteiger partial charge in [0.2, 0.25) is 5.91 Å². The number of likely N-dealkylation sites (tertiary alicyclic amines) is 2. The molecule has 5 heteroatoms. The fourth-order valence-electron chi connectivity index (χ4n) is 4.54. The van der Waals surface area contributed by atoms with Crippen molar-refractivity contribution in [3.8, 4) is 0 Å². The molecule has 4 rings (SSSR count). The van der Waals surface area contributed by atoms with Crippen molar-refractivity contribution in [3.63, 3.8) is 0 Å². The van der Waals surface area contributed by atoms with Crippen molar-refractivity contribution in [2.45, 2.75) is 44.2 Å². The molecule has 27 heavy (non-hydrogen) atoms. The van der Waals surface area contributed by atoms with Gasteiger partial charge >= 0.3 is 0 Å². The van der Waals surface area contributed by atoms with Gasteiger partial charge in [0.05, 0.1) is 0 Å². The second kappa shape index (κ2) is 7.99. The zero-order chi connectivity index (χ0) is 18.7. The van der Waals surface area contributed by atoms with E-state index in [0.717, 1.165) is 49.6 Å². The Morgan fingerprint density at radius 1 is 1.11 bits per heavy atom. The molecule has 2 aliphatic heterocycles. The third-order valence-electron chi connectivity index (χ3n) is 6.06. The van der Waals surface area contributed by atoms with Crippen molar-refractivity contribution in [2.75, 3.05) is 19.6 Å². The summed E-state index contributed by atoms with van der Waals surface area (Å²) in [6, 6.07) is 12.1. The Balaban J connectivity index is 1.36. The van der Waals surface area contributed by atoms with E-state index in [1.165, 1.54) is 18.4 Å². The summed E-state index contributed by atoms with van der Waals surface area (Å²) in [4.78, 5) is 21.5. The molecule has 4 nitrogen and oxygen atoms in total. The molecule has 1 aromatic heterocycles. The Morgan fingerprint density at radius 3 is 2.74 bits per heavy atom. The number of nitrogens with zero attached hydrogens (tertiary/aromatic N) is 3. The number of halogens is 1. The minimum Gasteiger partial charge on any atom is -0.341 e. The summed E-state index contributed by atoms with van der Waals surface area (Å²) in [5.74, 6) is 0.272. The van der Waals surface area contributed by atoms with Crippen molar-refractivity contribution in [1.29, 1.82) is 0 Å². The maximum absolute atomic E-state index is 12.7. The first-order valence-corrected chi connectivity index (χ1v) is 10.2. The molecule has 0 unspecified atom stereocenters. The van der Waals surface area contributed by atoms with E-state index in [2.05, 4.69) is 26.9 Å². The van der Waals surface area contributed by atoms with E-state index in [4.69, 9.17) is 11.6 Å². The number of benzene rings is 1. The van der Waals surface area contributed by atoms with Gasteiger partial charge in [0, 0.05) is 49.0 Å². The highest BCUT2D eigenvalue weighted by Crippen LogP contribution is 2.38. The predicted octanol–water partition coefficient (Wildman–Crippen LogP) is 3.93. The normalized spacial score (nSPS) is 22.6. The van der Waals surface area contributed by atoms with E-state index in [1.807, 2.05) is 30.5 Å². The Bertz CT molecular complexity index is 780. The topological polar surface area (TPSA) is 36.4 Å². The summed E-state index contributed by atoms with van der Waals surface area (Å²) in [5, 5.41) is 0.779. The van der Waals surface area contributed by atoms with Gasteiger partial charge in [-0.3, -0.25) is 14.7 Å². The molecule has 2 saturated heterocycles. The number of carbonyl (C=O) groups is 1. The summed E-state index contributed by atoms with van der Waals surface area (Å²) >= 11 is 6.02. The van der Waals surface area contributed by atoms with Crippen LogP contribution in [0.2, 0.25) is 5.02 Å². The van der Waals surface area contributed by atoms with Gasteiger partial charge in [-0.25, -0.2) is 0 Å². The molecular formula is C22H26ClN3O. The molecule has 0 bridgehead atoms. The number of aromatic nitrogens is 1. The van der Waals surface area contributed by atoms with Crippen molar-refractivity contribution in [3.05, 3.63) is 64.9 Å². The smallest absolute Gasteiger partial charge is 0.222 e. The number of carbonyl (C=O) groups excluding carboxylic acids is 1. The van der Waals surface area contributed by atoms with Crippen molar-refractivity contribution >= 4 is 17.5 Å². The average molecular weight is 384 g/mol. The Hall–Kier alpha value is -1.91. The standard InChI is InChI=1S/C22H26ClN3O/c23-20-7-4-19(5-8-20)16-26-13-2-10-22(26)11-14-25(17-22)21(27)9-6-18-3-1-12-24-15-18/h1,3-5,7-8,12,15H,2,6,9-11,13-14,16-17H2/t22-/m0/s1. The average Bonchev–Trinajstić information content (AvgIpc) is 3.30. The van der Waals surface area contributed by atoms with Crippen LogP contribution in [0.1, 0.15) is 36.8 Å². The van der Waals surface area contributed by atoms with E-state index in [9.17, 15) is 4.79 Å². The summed E-state index contributed by atoms with van der Waals surface area (Å²) in [6.07, 6.45) is 8.44. The molecule has 2 aromatic rings. The van der Waals surface area contributed by atoms with Crippen LogP contribution in [0.25, 0.3) is 0 Å². The molecule has 0 N–H and O–H groups in total. The lowest BCUT2D eigenvalue weighted by Gasteiger charge is -2.35. The van der Waals surface area contributed by atoms with Crippen molar-refractivity contribution in [2.24, 2.45) is 0 Å². The number of hydrogen-bond donors (Lipinski definition) is 0. The van der Waals surface area contributed by atoms with Gasteiger partial charge in [-0.05, 0) is 61.6 Å². The summed E-state index contributed by atoms with van der Waals surface area (Å²) in [5.41, 5.74) is 2.58. The quantitative estimate of drug-likeness (QED) is 0.784. The third kappa shape index (κ3) is 4.17. The van der Waals surface area contributed by atoms with Crippen LogP contribution in [-0.4, -0.2) is 45.9 Å². The monoisotopic (exact) mass is 383 g/mol. The zero-order valence-corrected chi connectivity index (χ0v) is 16.4. The van der Waals surface area contributed by atoms with Crippen LogP contribution >= 0.6 is 11.6 Å². The number of aryl methyl sites for hydroxylation is 1. The van der Waals surface area contributed by atoms with Crippen LogP contribution in [0.4, 0.5) is 0 Å². The fourth-order valence-corrected chi connectivity index (χ4v) is 4.66. The van der Waals surface area contributed by atoms with E-state index in [1.54, 1.807) is 6.20 Å². The van der Waals surface area contributed by atoms with Gasteiger partial charge in [-0.1, -0.05) is 29.8 Å². The molecule has 3 heterocycles. The largest absolute Gasteiger partial charge is 0.341 e. The van der Waals surface area contributed by atoms with Gasteiger partial charge in [0.25, 0.3) is 0 Å². The van der Waals surface area contributed by atoms with Crippen LogP contribution in [0.5, 0.6) is 0 Å². The minimum absolute atomic E-state index is 0.156. The van der Waals surface area contributed by atoms with Crippen LogP contribution in [0.3, 0.4) is 0 Å². The molecule has 142 valence electrons. The highest BCUT2D eigenvalue weighted by Gasteiger charge is 2.46. The number of hydrogen-bond acceptors (Lipinski definition) is 3. The van der Waals surface area contributed by atoms with Crippen molar-refractivity contribution < 1.29 is 4.79 Å². The molecule has 1 atom stereocenters. The third-order valence-corrected chi connectivity index (χ3v) is 6.31. The van der Waals surface area contributed by atoms with Gasteiger partial charge in [0.15, 0.2) is 0 Å². The molecule has 0 radical (unpaired) electrons. The first-order valence-electron chi connectivity index (χ1n) is 9.81. The fraction of sp³-hybridized carbons (Fsp3) is 0.455. The van der Waals surface area contributed by atoms with Crippen LogP contribution in [0.15, 0.2) is 48.8 Å². The SMILES string of the molecule is O=C(CCc1cccnc1)N1CC[C@@]2(CCCN2Cc2ccc(Cl)cc2)C1. The van der Waals surface area contributed by atoms with Gasteiger partial charge < -0.3 is 4.90 Å². The highest BCUT2D eigenvalue weighted by molar-refractivity contribution is 6.30. The molecule has 1 aromatic carbocycles. The van der Waals surface area contributed by atoms with E-state index in [-0.39, 0.29) is 11.4 Å².